The number of amides is 3. The molecular formula is C26H22N2O5. The molecule has 1 aliphatic rings. The van der Waals surface area contributed by atoms with E-state index in [2.05, 4.69) is 5.32 Å². The van der Waals surface area contributed by atoms with Crippen molar-refractivity contribution in [1.82, 2.24) is 4.90 Å². The van der Waals surface area contributed by atoms with Gasteiger partial charge < -0.3 is 10.1 Å². The van der Waals surface area contributed by atoms with E-state index in [-0.39, 0.29) is 29.7 Å². The van der Waals surface area contributed by atoms with Gasteiger partial charge in [-0.25, -0.2) is 0 Å². The molecule has 0 fully saturated rings. The number of imide groups is 1. The van der Waals surface area contributed by atoms with Crippen molar-refractivity contribution in [3.8, 4) is 5.75 Å². The van der Waals surface area contributed by atoms with E-state index in [0.717, 1.165) is 0 Å². The van der Waals surface area contributed by atoms with Gasteiger partial charge >= 0.3 is 0 Å². The second-order valence-electron chi connectivity index (χ2n) is 7.60. The van der Waals surface area contributed by atoms with Crippen LogP contribution in [0.3, 0.4) is 0 Å². The molecule has 0 radical (unpaired) electrons. The Bertz CT molecular complexity index is 1250. The van der Waals surface area contributed by atoms with Gasteiger partial charge in [0.2, 0.25) is 0 Å². The van der Waals surface area contributed by atoms with Crippen LogP contribution in [0.1, 0.15) is 60.8 Å². The van der Waals surface area contributed by atoms with Crippen molar-refractivity contribution in [3.63, 3.8) is 0 Å². The number of ketones is 1. The van der Waals surface area contributed by atoms with E-state index in [1.54, 1.807) is 66.7 Å². The lowest BCUT2D eigenvalue weighted by Gasteiger charge is -2.16. The highest BCUT2D eigenvalue weighted by Gasteiger charge is 2.35. The monoisotopic (exact) mass is 442 g/mol. The van der Waals surface area contributed by atoms with Crippen LogP contribution in [-0.4, -0.2) is 35.0 Å². The Morgan fingerprint density at radius 1 is 0.909 bits per heavy atom. The molecule has 0 atom stereocenters. The molecule has 0 aliphatic carbocycles. The third-order valence-electron chi connectivity index (χ3n) is 5.33. The summed E-state index contributed by atoms with van der Waals surface area (Å²) in [4.78, 5) is 51.3. The number of rotatable bonds is 7. The van der Waals surface area contributed by atoms with Gasteiger partial charge in [-0.3, -0.25) is 24.1 Å². The zero-order valence-corrected chi connectivity index (χ0v) is 18.3. The predicted octanol–water partition coefficient (Wildman–Crippen LogP) is 4.34. The minimum atomic E-state index is -0.427. The number of hydrogen-bond donors (Lipinski definition) is 1. The molecule has 0 saturated carbocycles. The van der Waals surface area contributed by atoms with Crippen LogP contribution in [0.4, 0.5) is 5.69 Å². The van der Waals surface area contributed by atoms with E-state index in [0.29, 0.717) is 40.3 Å². The fourth-order valence-corrected chi connectivity index (χ4v) is 3.71. The number of anilines is 1. The molecule has 1 aliphatic heterocycles. The molecule has 0 bridgehead atoms. The van der Waals surface area contributed by atoms with Crippen molar-refractivity contribution in [3.05, 3.63) is 94.5 Å². The van der Waals surface area contributed by atoms with Crippen molar-refractivity contribution in [2.24, 2.45) is 0 Å². The molecule has 0 spiro atoms. The number of nitrogens with one attached hydrogen (secondary N) is 1. The topological polar surface area (TPSA) is 92.8 Å². The van der Waals surface area contributed by atoms with Gasteiger partial charge in [-0.2, -0.15) is 0 Å². The van der Waals surface area contributed by atoms with E-state index >= 15 is 0 Å². The number of ether oxygens (including phenoxy) is 1. The fourth-order valence-electron chi connectivity index (χ4n) is 3.71. The van der Waals surface area contributed by atoms with Crippen molar-refractivity contribution in [2.45, 2.75) is 20.4 Å². The summed E-state index contributed by atoms with van der Waals surface area (Å²) >= 11 is 0. The predicted molar refractivity (Wildman–Crippen MR) is 123 cm³/mol. The largest absolute Gasteiger partial charge is 0.493 e. The lowest BCUT2D eigenvalue weighted by Crippen LogP contribution is -2.29. The molecule has 3 amide bonds. The van der Waals surface area contributed by atoms with Gasteiger partial charge in [-0.1, -0.05) is 30.3 Å². The molecule has 1 heterocycles. The lowest BCUT2D eigenvalue weighted by atomic mass is 10.1. The smallest absolute Gasteiger partial charge is 0.261 e. The van der Waals surface area contributed by atoms with Crippen molar-refractivity contribution < 1.29 is 23.9 Å². The fraction of sp³-hybridized carbons (Fsp3) is 0.154. The first-order valence-electron chi connectivity index (χ1n) is 10.5. The summed E-state index contributed by atoms with van der Waals surface area (Å²) in [5, 5.41) is 2.79. The number of benzene rings is 3. The van der Waals surface area contributed by atoms with E-state index in [9.17, 15) is 19.2 Å². The molecular weight excluding hydrogens is 420 g/mol. The SMILES string of the molecule is CCOc1ccc(CN2C(=O)c3ccccc3C2=O)cc1C(=O)Nc1cccc(C(C)=O)c1. The Kier molecular flexibility index (Phi) is 6.04. The van der Waals surface area contributed by atoms with Crippen molar-refractivity contribution in [2.75, 3.05) is 11.9 Å². The van der Waals surface area contributed by atoms with Gasteiger partial charge in [0.25, 0.3) is 17.7 Å². The molecule has 0 aromatic heterocycles. The van der Waals surface area contributed by atoms with Crippen LogP contribution >= 0.6 is 0 Å². The summed E-state index contributed by atoms with van der Waals surface area (Å²) < 4.78 is 5.61. The molecule has 3 aromatic carbocycles. The number of hydrogen-bond acceptors (Lipinski definition) is 5. The summed E-state index contributed by atoms with van der Waals surface area (Å²) in [7, 11) is 0. The average molecular weight is 442 g/mol. The molecule has 0 saturated heterocycles. The van der Waals surface area contributed by atoms with E-state index in [1.165, 1.54) is 11.8 Å². The summed E-state index contributed by atoms with van der Waals surface area (Å²) in [6, 6.07) is 18.3. The number of Topliss-reactive ketones (excluding diaryl/α,β-unsaturated/α-hetero) is 1. The minimum absolute atomic E-state index is 0.0266. The van der Waals surface area contributed by atoms with E-state index in [4.69, 9.17) is 4.74 Å². The maximum absolute atomic E-state index is 13.1. The maximum Gasteiger partial charge on any atom is 0.261 e. The van der Waals surface area contributed by atoms with Crippen LogP contribution in [0.5, 0.6) is 5.75 Å². The summed E-state index contributed by atoms with van der Waals surface area (Å²) in [5.41, 5.74) is 2.57. The van der Waals surface area contributed by atoms with Crippen LogP contribution < -0.4 is 10.1 Å². The molecule has 3 aromatic rings. The van der Waals surface area contributed by atoms with Crippen LogP contribution in [0, 0.1) is 0 Å². The summed E-state index contributed by atoms with van der Waals surface area (Å²) in [6.07, 6.45) is 0. The van der Waals surface area contributed by atoms with Crippen molar-refractivity contribution in [1.29, 1.82) is 0 Å². The maximum atomic E-state index is 13.1. The third-order valence-corrected chi connectivity index (χ3v) is 5.33. The zero-order valence-electron chi connectivity index (χ0n) is 18.3. The quantitative estimate of drug-likeness (QED) is 0.434. The molecule has 7 nitrogen and oxygen atoms in total. The highest BCUT2D eigenvalue weighted by Crippen LogP contribution is 2.27. The Morgan fingerprint density at radius 3 is 2.24 bits per heavy atom. The van der Waals surface area contributed by atoms with E-state index in [1.807, 2.05) is 6.92 Å². The van der Waals surface area contributed by atoms with Gasteiger partial charge in [0.15, 0.2) is 5.78 Å². The highest BCUT2D eigenvalue weighted by atomic mass is 16.5. The molecule has 4 rings (SSSR count). The second kappa shape index (κ2) is 9.08. The first kappa shape index (κ1) is 22.0. The first-order valence-corrected chi connectivity index (χ1v) is 10.5. The Morgan fingerprint density at radius 2 is 1.61 bits per heavy atom. The number of nitrogens with zero attached hydrogens (tertiary/aromatic N) is 1. The average Bonchev–Trinajstić information content (AvgIpc) is 3.05. The molecule has 7 heteroatoms. The normalized spacial score (nSPS) is 12.5. The third kappa shape index (κ3) is 4.39. The molecule has 0 unspecified atom stereocenters. The summed E-state index contributed by atoms with van der Waals surface area (Å²) in [6.45, 7) is 3.65. The number of carbonyl (C=O) groups excluding carboxylic acids is 4. The minimum Gasteiger partial charge on any atom is -0.493 e. The summed E-state index contributed by atoms with van der Waals surface area (Å²) in [5.74, 6) is -0.885. The highest BCUT2D eigenvalue weighted by molar-refractivity contribution is 6.21. The first-order chi connectivity index (χ1) is 15.9. The molecule has 1 N–H and O–H groups in total. The van der Waals surface area contributed by atoms with Gasteiger partial charge in [0.05, 0.1) is 29.8 Å². The van der Waals surface area contributed by atoms with Gasteiger partial charge in [-0.05, 0) is 55.8 Å². The molecule has 166 valence electrons. The van der Waals surface area contributed by atoms with Crippen LogP contribution in [-0.2, 0) is 6.54 Å². The number of fused-ring (bicyclic) bond motifs is 1. The van der Waals surface area contributed by atoms with Gasteiger partial charge in [0.1, 0.15) is 5.75 Å². The second-order valence-corrected chi connectivity index (χ2v) is 7.60. The molecule has 33 heavy (non-hydrogen) atoms. The van der Waals surface area contributed by atoms with Crippen LogP contribution in [0.2, 0.25) is 0 Å². The Labute approximate surface area is 191 Å². The standard InChI is InChI=1S/C26H22N2O5/c1-3-33-23-12-11-17(15-28-25(31)20-9-4-5-10-21(20)26(28)32)13-22(23)24(30)27-19-8-6-7-18(14-19)16(2)29/h4-14H,3,15H2,1-2H3,(H,27,30). The Balaban J connectivity index is 1.60. The van der Waals surface area contributed by atoms with Gasteiger partial charge in [-0.15, -0.1) is 0 Å². The van der Waals surface area contributed by atoms with E-state index < -0.39 is 5.91 Å². The van der Waals surface area contributed by atoms with Crippen LogP contribution in [0.15, 0.2) is 66.7 Å². The van der Waals surface area contributed by atoms with Crippen molar-refractivity contribution >= 4 is 29.2 Å². The van der Waals surface area contributed by atoms with Crippen LogP contribution in [0.25, 0.3) is 0 Å². The number of carbonyl (C=O) groups is 4. The van der Waals surface area contributed by atoms with Gasteiger partial charge in [0, 0.05) is 11.3 Å². The lowest BCUT2D eigenvalue weighted by molar-refractivity contribution is 0.0642. The zero-order chi connectivity index (χ0) is 23.5. The Hall–Kier alpha value is -4.26.